The first kappa shape index (κ1) is 40.5. The molecule has 63 heavy (non-hydrogen) atoms. The zero-order chi connectivity index (χ0) is 43.5. The molecule has 0 aliphatic carbocycles. The molecule has 7 atom stereocenters. The van der Waals surface area contributed by atoms with E-state index in [-0.39, 0.29) is 43.3 Å². The van der Waals surface area contributed by atoms with Gasteiger partial charge >= 0.3 is 5.97 Å². The fourth-order valence-electron chi connectivity index (χ4n) is 11.5. The number of carbonyl (C=O) groups excluding carboxylic acids is 2. The van der Waals surface area contributed by atoms with Crippen LogP contribution in [0.15, 0.2) is 54.6 Å². The summed E-state index contributed by atoms with van der Waals surface area (Å²) in [6, 6.07) is 16.0. The van der Waals surface area contributed by atoms with Crippen molar-refractivity contribution >= 4 is 34.4 Å². The minimum atomic E-state index is -1.25. The van der Waals surface area contributed by atoms with Crippen LogP contribution in [0.1, 0.15) is 74.5 Å². The third-order valence-electron chi connectivity index (χ3n) is 14.2. The van der Waals surface area contributed by atoms with Gasteiger partial charge in [0.05, 0.1) is 42.6 Å². The molecule has 328 valence electrons. The number of aromatic amines is 1. The number of H-pyrrole nitrogens is 1. The number of fused-ring (bicyclic) bond motifs is 12. The van der Waals surface area contributed by atoms with Gasteiger partial charge in [0.1, 0.15) is 36.5 Å². The van der Waals surface area contributed by atoms with Gasteiger partial charge in [0.2, 0.25) is 6.79 Å². The number of aromatic nitrogens is 1. The summed E-state index contributed by atoms with van der Waals surface area (Å²) in [5.74, 6) is 2.05. The molecule has 1 unspecified atom stereocenters. The van der Waals surface area contributed by atoms with E-state index < -0.39 is 41.1 Å². The molecular formula is C48H50N4O10S. The maximum atomic E-state index is 15.2. The van der Waals surface area contributed by atoms with Crippen LogP contribution in [0.4, 0.5) is 0 Å². The summed E-state index contributed by atoms with van der Waals surface area (Å²) < 4.78 is 37.5. The predicted molar refractivity (Wildman–Crippen MR) is 234 cm³/mol. The lowest BCUT2D eigenvalue weighted by molar-refractivity contribution is -0.181. The maximum absolute atomic E-state index is 15.2. The average molecular weight is 875 g/mol. The molecule has 1 spiro atoms. The van der Waals surface area contributed by atoms with Crippen molar-refractivity contribution in [2.24, 2.45) is 0 Å². The van der Waals surface area contributed by atoms with Crippen molar-refractivity contribution < 1.29 is 48.2 Å². The minimum Gasteiger partial charge on any atom is -0.504 e. The molecule has 15 heteroatoms. The Balaban J connectivity index is 1.12. The van der Waals surface area contributed by atoms with Crippen molar-refractivity contribution in [1.29, 1.82) is 0 Å². The number of phenolic OH excluding ortho intramolecular Hbond substituents is 1. The quantitative estimate of drug-likeness (QED) is 0.124. The molecule has 7 aliphatic rings. The van der Waals surface area contributed by atoms with Crippen LogP contribution < -0.4 is 29.0 Å². The Morgan fingerprint density at radius 1 is 1.05 bits per heavy atom. The Labute approximate surface area is 368 Å². The molecule has 5 aromatic rings. The van der Waals surface area contributed by atoms with Gasteiger partial charge in [-0.2, -0.15) is 0 Å². The number of hydrogen-bond donors (Lipinski definition) is 4. The molecule has 2 saturated heterocycles. The number of methoxy groups -OCH3 is 1. The van der Waals surface area contributed by atoms with Gasteiger partial charge in [-0.1, -0.05) is 48.5 Å². The molecule has 1 aromatic heterocycles. The van der Waals surface area contributed by atoms with E-state index in [1.807, 2.05) is 63.4 Å². The standard InChI is InChI=1S/C48H50N4O10S/c1-23-16-27-17-30-47(56)52-31-19-58-20-33(54)48(46-29(14-15-49-48)28-12-9-13-32(37(28)50-46)59-18-26-10-7-6-8-11-26)21-63-45(39(52)38(51(30)4)34(27)40(55)41(23)57-5)36-35(31)44-43(60-22-61-44)24(2)42(36)62-25(3)53/h6-13,16,30-31,38-39,45,47,49-50,55-56H,14-15,17-22H2,1-5H3/t30-,31-,38+,39?,45+,47-,48-/m0/s1. The number of ketones is 1. The SMILES string of the molecule is COc1c(C)cc2c(c1O)[C@@H]1C3[C@@H]4SC[C@]5(NCCc6c5[nH]c5c(OCc7ccccc7)cccc65)C(=O)COC[C@@H](c5c6c(c(C)c(OC(C)=O)c54)OCO6)N3[C@@H](O)[C@H](C2)N1C. The first-order valence-corrected chi connectivity index (χ1v) is 22.6. The number of thioether (sulfide) groups is 1. The topological polar surface area (TPSA) is 164 Å². The van der Waals surface area contributed by atoms with Crippen LogP contribution in [-0.2, 0) is 39.3 Å². The van der Waals surface area contributed by atoms with E-state index in [9.17, 15) is 15.0 Å². The lowest BCUT2D eigenvalue weighted by atomic mass is 9.73. The first-order valence-electron chi connectivity index (χ1n) is 21.5. The van der Waals surface area contributed by atoms with E-state index in [4.69, 9.17) is 28.4 Å². The number of esters is 1. The first-order chi connectivity index (χ1) is 30.5. The fourth-order valence-corrected chi connectivity index (χ4v) is 13.2. The van der Waals surface area contributed by atoms with Gasteiger partial charge in [-0.15, -0.1) is 11.8 Å². The second-order valence-electron chi connectivity index (χ2n) is 17.5. The van der Waals surface area contributed by atoms with E-state index in [0.717, 1.165) is 44.4 Å². The van der Waals surface area contributed by atoms with Crippen molar-refractivity contribution in [1.82, 2.24) is 20.1 Å². The highest BCUT2D eigenvalue weighted by atomic mass is 32.2. The van der Waals surface area contributed by atoms with Crippen LogP contribution in [0.2, 0.25) is 0 Å². The zero-order valence-corrected chi connectivity index (χ0v) is 36.6. The Kier molecular flexibility index (Phi) is 9.75. The van der Waals surface area contributed by atoms with Crippen molar-refractivity contribution in [3.8, 4) is 34.5 Å². The van der Waals surface area contributed by atoms with E-state index in [1.54, 1.807) is 18.9 Å². The minimum absolute atomic E-state index is 0.00557. The van der Waals surface area contributed by atoms with Crippen LogP contribution in [-0.4, -0.2) is 102 Å². The predicted octanol–water partition coefficient (Wildman–Crippen LogP) is 5.80. The lowest BCUT2D eigenvalue weighted by Gasteiger charge is -2.61. The van der Waals surface area contributed by atoms with Gasteiger partial charge in [0.15, 0.2) is 28.8 Å². The number of likely N-dealkylation sites (N-methyl/N-ethyl adjacent to an activating group) is 1. The number of ether oxygens (including phenoxy) is 6. The van der Waals surface area contributed by atoms with Crippen molar-refractivity contribution in [3.63, 3.8) is 0 Å². The number of aliphatic hydroxyl groups is 1. The summed E-state index contributed by atoms with van der Waals surface area (Å²) >= 11 is 1.56. The highest BCUT2D eigenvalue weighted by Gasteiger charge is 2.61. The monoisotopic (exact) mass is 874 g/mol. The molecule has 4 bridgehead atoms. The number of carbonyl (C=O) groups is 2. The largest absolute Gasteiger partial charge is 0.504 e. The molecule has 4 N–H and O–H groups in total. The van der Waals surface area contributed by atoms with Crippen molar-refractivity contribution in [3.05, 3.63) is 105 Å². The van der Waals surface area contributed by atoms with E-state index >= 15 is 4.79 Å². The van der Waals surface area contributed by atoms with Gasteiger partial charge in [0.25, 0.3) is 0 Å². The molecule has 0 radical (unpaired) electrons. The van der Waals surface area contributed by atoms with Crippen LogP contribution >= 0.6 is 11.8 Å². The molecule has 2 fully saturated rings. The molecule has 0 saturated carbocycles. The third-order valence-corrected chi connectivity index (χ3v) is 15.7. The molecule has 4 aromatic carbocycles. The normalized spacial score (nSPS) is 27.3. The molecular weight excluding hydrogens is 825 g/mol. The number of para-hydroxylation sites is 1. The van der Waals surface area contributed by atoms with Crippen LogP contribution in [0.25, 0.3) is 10.9 Å². The summed E-state index contributed by atoms with van der Waals surface area (Å²) in [6.07, 6.45) is 0.141. The summed E-state index contributed by atoms with van der Waals surface area (Å²) in [5.41, 5.74) is 6.86. The number of Topliss-reactive ketones (excluding diaryl/α,β-unsaturated/α-hetero) is 1. The Morgan fingerprint density at radius 2 is 1.86 bits per heavy atom. The highest BCUT2D eigenvalue weighted by molar-refractivity contribution is 7.99. The number of aliphatic hydroxyl groups excluding tert-OH is 1. The van der Waals surface area contributed by atoms with E-state index in [0.29, 0.717) is 71.4 Å². The summed E-state index contributed by atoms with van der Waals surface area (Å²) in [7, 11) is 3.55. The summed E-state index contributed by atoms with van der Waals surface area (Å²) in [4.78, 5) is 36.2. The molecule has 0 amide bonds. The van der Waals surface area contributed by atoms with Gasteiger partial charge < -0.3 is 43.6 Å². The number of hydrogen-bond acceptors (Lipinski definition) is 14. The molecule has 7 aliphatic heterocycles. The van der Waals surface area contributed by atoms with E-state index in [2.05, 4.69) is 32.2 Å². The third kappa shape index (κ3) is 5.96. The highest BCUT2D eigenvalue weighted by Crippen LogP contribution is 2.64. The summed E-state index contributed by atoms with van der Waals surface area (Å²) in [6.45, 7) is 5.80. The van der Waals surface area contributed by atoms with Crippen LogP contribution in [0, 0.1) is 13.8 Å². The number of aryl methyl sites for hydroxylation is 1. The molecule has 8 heterocycles. The number of phenols is 1. The Morgan fingerprint density at radius 3 is 2.65 bits per heavy atom. The van der Waals surface area contributed by atoms with Gasteiger partial charge in [-0.05, 0) is 62.1 Å². The van der Waals surface area contributed by atoms with E-state index in [1.165, 1.54) is 6.92 Å². The average Bonchev–Trinajstić information content (AvgIpc) is 3.92. The number of nitrogens with one attached hydrogen (secondary N) is 2. The lowest BCUT2D eigenvalue weighted by Crippen LogP contribution is -2.69. The Bertz CT molecular complexity index is 2710. The van der Waals surface area contributed by atoms with Crippen LogP contribution in [0.3, 0.4) is 0 Å². The van der Waals surface area contributed by atoms with Crippen LogP contribution in [0.5, 0.6) is 34.5 Å². The van der Waals surface area contributed by atoms with Gasteiger partial charge in [0, 0.05) is 58.6 Å². The second-order valence-corrected chi connectivity index (χ2v) is 18.7. The second kappa shape index (κ2) is 15.2. The zero-order valence-electron chi connectivity index (χ0n) is 35.8. The fraction of sp³-hybridized carbons (Fsp3) is 0.417. The number of benzene rings is 4. The van der Waals surface area contributed by atoms with Gasteiger partial charge in [-0.25, -0.2) is 0 Å². The molecule has 12 rings (SSSR count). The van der Waals surface area contributed by atoms with Crippen molar-refractivity contribution in [2.75, 3.05) is 46.5 Å². The molecule has 14 nitrogen and oxygen atoms in total. The van der Waals surface area contributed by atoms with Crippen molar-refractivity contribution in [2.45, 2.75) is 81.4 Å². The Hall–Kier alpha value is -5.29. The number of piperazine rings is 1. The van der Waals surface area contributed by atoms with Gasteiger partial charge in [-0.3, -0.25) is 24.7 Å². The number of rotatable bonds is 5. The summed E-state index contributed by atoms with van der Waals surface area (Å²) in [5, 5.41) is 29.1. The number of nitrogens with zero attached hydrogens (tertiary/aromatic N) is 2. The number of aromatic hydroxyl groups is 1. The smallest absolute Gasteiger partial charge is 0.308 e. The maximum Gasteiger partial charge on any atom is 0.308 e.